The summed E-state index contributed by atoms with van der Waals surface area (Å²) < 4.78 is 2.13. The average molecular weight is 223 g/mol. The van der Waals surface area contributed by atoms with Crippen LogP contribution in [0.4, 0.5) is 0 Å². The molecule has 0 saturated heterocycles. The molecule has 2 heterocycles. The van der Waals surface area contributed by atoms with Crippen LogP contribution in [0.3, 0.4) is 0 Å². The molecular weight excluding hydrogens is 210 g/mol. The molecule has 3 nitrogen and oxygen atoms in total. The Labute approximate surface area is 99.8 Å². The van der Waals surface area contributed by atoms with E-state index in [1.54, 1.807) is 6.33 Å². The molecule has 3 aromatic rings. The minimum Gasteiger partial charge on any atom is -0.350 e. The van der Waals surface area contributed by atoms with Gasteiger partial charge in [-0.15, -0.1) is 0 Å². The van der Waals surface area contributed by atoms with Gasteiger partial charge in [0.05, 0.1) is 5.69 Å². The minimum absolute atomic E-state index is 1.01. The highest BCUT2D eigenvalue weighted by molar-refractivity contribution is 5.95. The molecule has 1 aromatic carbocycles. The van der Waals surface area contributed by atoms with E-state index in [4.69, 9.17) is 0 Å². The Morgan fingerprint density at radius 3 is 2.82 bits per heavy atom. The fourth-order valence-electron chi connectivity index (χ4n) is 2.21. The fourth-order valence-corrected chi connectivity index (χ4v) is 2.21. The fraction of sp³-hybridized carbons (Fsp3) is 0.143. The Bertz CT molecular complexity index is 683. The lowest BCUT2D eigenvalue weighted by molar-refractivity contribution is 0.968. The monoisotopic (exact) mass is 223 g/mol. The van der Waals surface area contributed by atoms with Gasteiger partial charge < -0.3 is 4.57 Å². The quantitative estimate of drug-likeness (QED) is 0.635. The van der Waals surface area contributed by atoms with Crippen LogP contribution in [0.2, 0.25) is 0 Å². The maximum absolute atomic E-state index is 4.39. The van der Waals surface area contributed by atoms with Crippen LogP contribution >= 0.6 is 0 Å². The predicted molar refractivity (Wildman–Crippen MR) is 68.7 cm³/mol. The molecule has 0 spiro atoms. The van der Waals surface area contributed by atoms with Gasteiger partial charge in [0.2, 0.25) is 0 Å². The summed E-state index contributed by atoms with van der Waals surface area (Å²) in [7, 11) is 2.06. The number of nitrogens with zero attached hydrogens (tertiary/aromatic N) is 3. The van der Waals surface area contributed by atoms with E-state index in [-0.39, 0.29) is 0 Å². The van der Waals surface area contributed by atoms with Crippen molar-refractivity contribution >= 4 is 10.9 Å². The first-order chi connectivity index (χ1) is 8.27. The third-order valence-corrected chi connectivity index (χ3v) is 3.05. The Balaban J connectivity index is 2.35. The van der Waals surface area contributed by atoms with Crippen molar-refractivity contribution in [2.75, 3.05) is 0 Å². The first kappa shape index (κ1) is 10.0. The van der Waals surface area contributed by atoms with Crippen molar-refractivity contribution in [3.63, 3.8) is 0 Å². The van der Waals surface area contributed by atoms with Crippen LogP contribution in [0.25, 0.3) is 22.2 Å². The maximum Gasteiger partial charge on any atom is 0.116 e. The van der Waals surface area contributed by atoms with Gasteiger partial charge in [-0.2, -0.15) is 0 Å². The molecule has 17 heavy (non-hydrogen) atoms. The molecule has 0 fully saturated rings. The summed E-state index contributed by atoms with van der Waals surface area (Å²) in [5.41, 5.74) is 4.50. The summed E-state index contributed by atoms with van der Waals surface area (Å²) in [6.07, 6.45) is 5.58. The molecule has 0 aliphatic rings. The van der Waals surface area contributed by atoms with Crippen molar-refractivity contribution < 1.29 is 0 Å². The van der Waals surface area contributed by atoms with E-state index in [0.717, 1.165) is 11.3 Å². The molecule has 0 unspecified atom stereocenters. The number of rotatable bonds is 1. The lowest BCUT2D eigenvalue weighted by Gasteiger charge is -2.01. The van der Waals surface area contributed by atoms with Crippen molar-refractivity contribution in [2.45, 2.75) is 6.92 Å². The van der Waals surface area contributed by atoms with Crippen LogP contribution in [-0.4, -0.2) is 14.5 Å². The zero-order valence-corrected chi connectivity index (χ0v) is 9.88. The summed E-state index contributed by atoms with van der Waals surface area (Å²) in [6.45, 7) is 2.04. The van der Waals surface area contributed by atoms with Gasteiger partial charge in [-0.1, -0.05) is 18.2 Å². The largest absolute Gasteiger partial charge is 0.350 e. The molecule has 84 valence electrons. The number of benzene rings is 1. The summed E-state index contributed by atoms with van der Waals surface area (Å²) in [6, 6.07) is 8.36. The average Bonchev–Trinajstić information content (AvgIpc) is 2.68. The molecule has 0 N–H and O–H groups in total. The zero-order valence-electron chi connectivity index (χ0n) is 9.88. The summed E-state index contributed by atoms with van der Waals surface area (Å²) >= 11 is 0. The van der Waals surface area contributed by atoms with Crippen molar-refractivity contribution in [1.29, 1.82) is 0 Å². The van der Waals surface area contributed by atoms with Crippen molar-refractivity contribution in [3.05, 3.63) is 48.5 Å². The molecule has 0 saturated carbocycles. The van der Waals surface area contributed by atoms with E-state index in [1.165, 1.54) is 16.5 Å². The molecule has 3 rings (SSSR count). The summed E-state index contributed by atoms with van der Waals surface area (Å²) in [4.78, 5) is 8.43. The predicted octanol–water partition coefficient (Wildman–Crippen LogP) is 2.94. The standard InChI is InChI=1S/C14H13N3/c1-10-7-15-9-16-14(10)12-8-17(2)13-6-4-3-5-11(12)13/h3-9H,1-2H3. The highest BCUT2D eigenvalue weighted by Crippen LogP contribution is 2.29. The number of aryl methyl sites for hydroxylation is 2. The van der Waals surface area contributed by atoms with Crippen LogP contribution in [0.5, 0.6) is 0 Å². The highest BCUT2D eigenvalue weighted by atomic mass is 14.9. The molecule has 0 amide bonds. The van der Waals surface area contributed by atoms with Gasteiger partial charge >= 0.3 is 0 Å². The van der Waals surface area contributed by atoms with Gasteiger partial charge in [0.15, 0.2) is 0 Å². The van der Waals surface area contributed by atoms with Crippen molar-refractivity contribution in [2.24, 2.45) is 7.05 Å². The molecule has 2 aromatic heterocycles. The first-order valence-corrected chi connectivity index (χ1v) is 5.58. The Morgan fingerprint density at radius 1 is 1.18 bits per heavy atom. The van der Waals surface area contributed by atoms with E-state index in [9.17, 15) is 0 Å². The van der Waals surface area contributed by atoms with E-state index in [2.05, 4.69) is 52.0 Å². The van der Waals surface area contributed by atoms with Crippen LogP contribution in [0.1, 0.15) is 5.56 Å². The lowest BCUT2D eigenvalue weighted by Crippen LogP contribution is -1.88. The van der Waals surface area contributed by atoms with Crippen molar-refractivity contribution in [1.82, 2.24) is 14.5 Å². The van der Waals surface area contributed by atoms with Gasteiger partial charge in [0, 0.05) is 35.9 Å². The molecule has 0 aliphatic carbocycles. The summed E-state index contributed by atoms with van der Waals surface area (Å²) in [5.74, 6) is 0. The second-order valence-corrected chi connectivity index (χ2v) is 4.23. The molecule has 0 atom stereocenters. The van der Waals surface area contributed by atoms with Crippen molar-refractivity contribution in [3.8, 4) is 11.3 Å². The van der Waals surface area contributed by atoms with Gasteiger partial charge in [-0.3, -0.25) is 0 Å². The summed E-state index contributed by atoms with van der Waals surface area (Å²) in [5, 5.41) is 1.23. The molecule has 0 radical (unpaired) electrons. The second kappa shape index (κ2) is 3.70. The molecule has 0 aliphatic heterocycles. The Kier molecular flexibility index (Phi) is 2.18. The van der Waals surface area contributed by atoms with Crippen LogP contribution < -0.4 is 0 Å². The topological polar surface area (TPSA) is 30.7 Å². The number of para-hydroxylation sites is 1. The van der Waals surface area contributed by atoms with E-state index >= 15 is 0 Å². The number of hydrogen-bond acceptors (Lipinski definition) is 2. The molecular formula is C14H13N3. The van der Waals surface area contributed by atoms with Crippen LogP contribution in [-0.2, 0) is 7.05 Å². The highest BCUT2D eigenvalue weighted by Gasteiger charge is 2.10. The second-order valence-electron chi connectivity index (χ2n) is 4.23. The minimum atomic E-state index is 1.01. The molecule has 3 heteroatoms. The SMILES string of the molecule is Cc1cncnc1-c1cn(C)c2ccccc12. The zero-order chi connectivity index (χ0) is 11.8. The smallest absolute Gasteiger partial charge is 0.116 e. The third kappa shape index (κ3) is 1.51. The van der Waals surface area contributed by atoms with E-state index in [1.807, 2.05) is 13.1 Å². The van der Waals surface area contributed by atoms with Crippen LogP contribution in [0.15, 0.2) is 43.0 Å². The lowest BCUT2D eigenvalue weighted by atomic mass is 10.1. The number of fused-ring (bicyclic) bond motifs is 1. The van der Waals surface area contributed by atoms with Gasteiger partial charge in [-0.25, -0.2) is 9.97 Å². The first-order valence-electron chi connectivity index (χ1n) is 5.58. The van der Waals surface area contributed by atoms with Gasteiger partial charge in [0.1, 0.15) is 6.33 Å². The third-order valence-electron chi connectivity index (χ3n) is 3.05. The van der Waals surface area contributed by atoms with Crippen LogP contribution in [0, 0.1) is 6.92 Å². The van der Waals surface area contributed by atoms with E-state index < -0.39 is 0 Å². The normalized spacial score (nSPS) is 10.9. The Hall–Kier alpha value is -2.16. The number of hydrogen-bond donors (Lipinski definition) is 0. The van der Waals surface area contributed by atoms with Gasteiger partial charge in [-0.05, 0) is 18.6 Å². The maximum atomic E-state index is 4.39. The number of aromatic nitrogens is 3. The Morgan fingerprint density at radius 2 is 2.00 bits per heavy atom. The molecule has 0 bridgehead atoms. The van der Waals surface area contributed by atoms with Gasteiger partial charge in [0.25, 0.3) is 0 Å². The van der Waals surface area contributed by atoms with E-state index in [0.29, 0.717) is 0 Å².